The lowest BCUT2D eigenvalue weighted by Gasteiger charge is -2.45. The molecule has 0 aliphatic carbocycles. The van der Waals surface area contributed by atoms with Crippen LogP contribution in [-0.2, 0) is 16.6 Å². The fourth-order valence-corrected chi connectivity index (χ4v) is 4.98. The normalized spacial score (nSPS) is 20.2. The Balaban J connectivity index is 1.41. The molecule has 1 unspecified atom stereocenters. The van der Waals surface area contributed by atoms with E-state index in [1.165, 1.54) is 6.07 Å². The summed E-state index contributed by atoms with van der Waals surface area (Å²) in [6, 6.07) is 12.8. The maximum absolute atomic E-state index is 15.1. The number of amides is 2. The lowest BCUT2D eigenvalue weighted by Crippen LogP contribution is -2.52. The van der Waals surface area contributed by atoms with E-state index in [0.29, 0.717) is 42.9 Å². The standard InChI is InChI=1S/C23H21ClFN5O2/c24-15-7-8-16-19(20(15)25)23(12-18(31)26-16)9-4-10-30(13-23)22(32)21-27-17(28-29-21)11-14-5-2-1-3-6-14/h1-3,5-8H,4,9-13H2,(H,26,31)(H,27,28,29). The highest BCUT2D eigenvalue weighted by Crippen LogP contribution is 2.46. The van der Waals surface area contributed by atoms with Gasteiger partial charge in [-0.05, 0) is 30.5 Å². The Morgan fingerprint density at radius 2 is 2.03 bits per heavy atom. The van der Waals surface area contributed by atoms with Crippen LogP contribution in [0.2, 0.25) is 5.02 Å². The number of nitrogens with one attached hydrogen (secondary N) is 2. The molecule has 0 saturated carbocycles. The van der Waals surface area contributed by atoms with Gasteiger partial charge in [0.15, 0.2) is 0 Å². The van der Waals surface area contributed by atoms with Gasteiger partial charge in [0.2, 0.25) is 11.7 Å². The van der Waals surface area contributed by atoms with Gasteiger partial charge in [-0.15, -0.1) is 5.10 Å². The quantitative estimate of drug-likeness (QED) is 0.632. The number of piperidine rings is 1. The smallest absolute Gasteiger partial charge is 0.293 e. The van der Waals surface area contributed by atoms with Crippen LogP contribution in [0.3, 0.4) is 0 Å². The first-order valence-electron chi connectivity index (χ1n) is 10.5. The molecule has 2 aliphatic rings. The molecule has 2 aliphatic heterocycles. The van der Waals surface area contributed by atoms with E-state index < -0.39 is 11.2 Å². The van der Waals surface area contributed by atoms with Gasteiger partial charge in [0.25, 0.3) is 5.91 Å². The Bertz CT molecular complexity index is 1200. The van der Waals surface area contributed by atoms with Crippen LogP contribution in [0.15, 0.2) is 42.5 Å². The Labute approximate surface area is 189 Å². The van der Waals surface area contributed by atoms with Crippen LogP contribution >= 0.6 is 11.6 Å². The van der Waals surface area contributed by atoms with E-state index in [1.54, 1.807) is 11.0 Å². The van der Waals surface area contributed by atoms with Gasteiger partial charge in [-0.25, -0.2) is 9.37 Å². The van der Waals surface area contributed by atoms with E-state index in [9.17, 15) is 9.59 Å². The summed E-state index contributed by atoms with van der Waals surface area (Å²) in [5.41, 5.74) is 1.02. The molecule has 1 fully saturated rings. The van der Waals surface area contributed by atoms with Crippen LogP contribution in [0.1, 0.15) is 46.8 Å². The molecule has 2 amide bonds. The van der Waals surface area contributed by atoms with Crippen molar-refractivity contribution in [2.75, 3.05) is 18.4 Å². The predicted octanol–water partition coefficient (Wildman–Crippen LogP) is 3.70. The minimum absolute atomic E-state index is 0.00208. The topological polar surface area (TPSA) is 91.0 Å². The summed E-state index contributed by atoms with van der Waals surface area (Å²) in [5, 5.41) is 9.68. The highest BCUT2D eigenvalue weighted by molar-refractivity contribution is 6.31. The van der Waals surface area contributed by atoms with E-state index in [4.69, 9.17) is 11.6 Å². The number of halogens is 2. The molecule has 7 nitrogen and oxygen atoms in total. The van der Waals surface area contributed by atoms with Gasteiger partial charge >= 0.3 is 0 Å². The van der Waals surface area contributed by atoms with Crippen molar-refractivity contribution in [3.8, 4) is 0 Å². The first kappa shape index (κ1) is 20.6. The second-order valence-corrected chi connectivity index (χ2v) is 8.79. The van der Waals surface area contributed by atoms with Crippen LogP contribution in [-0.4, -0.2) is 45.0 Å². The number of rotatable bonds is 3. The lowest BCUT2D eigenvalue weighted by atomic mass is 9.69. The van der Waals surface area contributed by atoms with E-state index in [2.05, 4.69) is 20.5 Å². The molecule has 0 radical (unpaired) electrons. The van der Waals surface area contributed by atoms with Gasteiger partial charge in [-0.2, -0.15) is 0 Å². The molecule has 32 heavy (non-hydrogen) atoms. The minimum Gasteiger partial charge on any atom is -0.335 e. The third-order valence-electron chi connectivity index (χ3n) is 6.20. The monoisotopic (exact) mass is 453 g/mol. The third-order valence-corrected chi connectivity index (χ3v) is 6.49. The number of benzene rings is 2. The van der Waals surface area contributed by atoms with Gasteiger partial charge < -0.3 is 10.2 Å². The molecule has 0 bridgehead atoms. The number of aromatic nitrogens is 3. The van der Waals surface area contributed by atoms with Gasteiger partial charge in [0.1, 0.15) is 11.6 Å². The number of carbonyl (C=O) groups is 2. The van der Waals surface area contributed by atoms with Crippen LogP contribution in [0, 0.1) is 5.82 Å². The van der Waals surface area contributed by atoms with Gasteiger partial charge in [0, 0.05) is 42.6 Å². The Hall–Kier alpha value is -3.26. The van der Waals surface area contributed by atoms with Crippen LogP contribution in [0.4, 0.5) is 10.1 Å². The molecule has 1 atom stereocenters. The molecule has 9 heteroatoms. The Morgan fingerprint density at radius 1 is 1.22 bits per heavy atom. The first-order valence-corrected chi connectivity index (χ1v) is 10.9. The van der Waals surface area contributed by atoms with E-state index >= 15 is 4.39 Å². The molecule has 2 N–H and O–H groups in total. The highest BCUT2D eigenvalue weighted by atomic mass is 35.5. The van der Waals surface area contributed by atoms with Crippen molar-refractivity contribution in [3.05, 3.63) is 76.1 Å². The number of H-pyrrole nitrogens is 1. The molecule has 1 saturated heterocycles. The van der Waals surface area contributed by atoms with Crippen LogP contribution < -0.4 is 5.32 Å². The summed E-state index contributed by atoms with van der Waals surface area (Å²) < 4.78 is 15.1. The number of likely N-dealkylation sites (tertiary alicyclic amines) is 1. The lowest BCUT2D eigenvalue weighted by molar-refractivity contribution is -0.118. The van der Waals surface area contributed by atoms with E-state index in [0.717, 1.165) is 5.56 Å². The van der Waals surface area contributed by atoms with E-state index in [-0.39, 0.29) is 35.6 Å². The summed E-state index contributed by atoms with van der Waals surface area (Å²) in [6.45, 7) is 0.689. The Kier molecular flexibility index (Phi) is 5.17. The van der Waals surface area contributed by atoms with Crippen LogP contribution in [0.25, 0.3) is 0 Å². The van der Waals surface area contributed by atoms with Gasteiger partial charge in [-0.3, -0.25) is 14.7 Å². The summed E-state index contributed by atoms with van der Waals surface area (Å²) in [6.07, 6.45) is 1.84. The zero-order valence-corrected chi connectivity index (χ0v) is 18.0. The fraction of sp³-hybridized carbons (Fsp3) is 0.304. The van der Waals surface area contributed by atoms with Crippen molar-refractivity contribution in [3.63, 3.8) is 0 Å². The van der Waals surface area contributed by atoms with E-state index in [1.807, 2.05) is 30.3 Å². The number of hydrogen-bond donors (Lipinski definition) is 2. The zero-order valence-electron chi connectivity index (χ0n) is 17.2. The maximum atomic E-state index is 15.1. The molecular weight excluding hydrogens is 433 g/mol. The van der Waals surface area contributed by atoms with Crippen molar-refractivity contribution in [1.29, 1.82) is 0 Å². The van der Waals surface area contributed by atoms with Crippen molar-refractivity contribution in [2.24, 2.45) is 0 Å². The largest absolute Gasteiger partial charge is 0.335 e. The van der Waals surface area contributed by atoms with Crippen molar-refractivity contribution < 1.29 is 14.0 Å². The van der Waals surface area contributed by atoms with Crippen LogP contribution in [0.5, 0.6) is 0 Å². The average Bonchev–Trinajstić information content (AvgIpc) is 3.24. The molecule has 164 valence electrons. The summed E-state index contributed by atoms with van der Waals surface area (Å²) >= 11 is 6.06. The maximum Gasteiger partial charge on any atom is 0.293 e. The van der Waals surface area contributed by atoms with Crippen molar-refractivity contribution in [1.82, 2.24) is 20.1 Å². The summed E-state index contributed by atoms with van der Waals surface area (Å²) in [7, 11) is 0. The molecule has 3 heterocycles. The second kappa shape index (κ2) is 8.02. The van der Waals surface area contributed by atoms with Crippen molar-refractivity contribution in [2.45, 2.75) is 31.1 Å². The fourth-order valence-electron chi connectivity index (χ4n) is 4.82. The number of carbonyl (C=O) groups excluding carboxylic acids is 2. The molecule has 1 spiro atoms. The summed E-state index contributed by atoms with van der Waals surface area (Å²) in [5.74, 6) is -0.417. The molecule has 5 rings (SSSR count). The molecule has 2 aromatic carbocycles. The molecule has 1 aromatic heterocycles. The number of fused-ring (bicyclic) bond motifs is 2. The van der Waals surface area contributed by atoms with Gasteiger partial charge in [0.05, 0.1) is 5.02 Å². The second-order valence-electron chi connectivity index (χ2n) is 8.39. The number of nitrogens with zero attached hydrogens (tertiary/aromatic N) is 3. The average molecular weight is 454 g/mol. The highest BCUT2D eigenvalue weighted by Gasteiger charge is 2.46. The van der Waals surface area contributed by atoms with Crippen molar-refractivity contribution >= 4 is 29.1 Å². The predicted molar refractivity (Wildman–Crippen MR) is 117 cm³/mol. The Morgan fingerprint density at radius 3 is 2.84 bits per heavy atom. The summed E-state index contributed by atoms with van der Waals surface area (Å²) in [4.78, 5) is 31.6. The third kappa shape index (κ3) is 3.64. The zero-order chi connectivity index (χ0) is 22.3. The SMILES string of the molecule is O=C1CC2(CCCN(C(=O)c3n[nH]c(Cc4ccccc4)n3)C2)c2c(ccc(Cl)c2F)N1. The minimum atomic E-state index is -0.830. The van der Waals surface area contributed by atoms with Gasteiger partial charge in [-0.1, -0.05) is 41.9 Å². The first-order chi connectivity index (χ1) is 15.4. The number of hydrogen-bond acceptors (Lipinski definition) is 4. The number of anilines is 1. The molecular formula is C23H21ClFN5O2. The number of aromatic amines is 1. The molecule has 3 aromatic rings.